The number of halogens is 3. The van der Waals surface area contributed by atoms with Crippen molar-refractivity contribution in [1.82, 2.24) is 5.32 Å². The van der Waals surface area contributed by atoms with Gasteiger partial charge in [0, 0.05) is 18.7 Å². The SMILES string of the molecule is CC(NC1CCOC1)c1ccc(Cl)c(Cl)c1Cl. The molecule has 17 heavy (non-hydrogen) atoms. The molecular formula is C12H14Cl3NO. The Hall–Kier alpha value is 0.01000. The lowest BCUT2D eigenvalue weighted by atomic mass is 10.1. The van der Waals surface area contributed by atoms with Gasteiger partial charge in [-0.15, -0.1) is 0 Å². The van der Waals surface area contributed by atoms with Crippen molar-refractivity contribution in [1.29, 1.82) is 0 Å². The topological polar surface area (TPSA) is 21.3 Å². The van der Waals surface area contributed by atoms with Gasteiger partial charge in [-0.25, -0.2) is 0 Å². The van der Waals surface area contributed by atoms with Crippen LogP contribution in [0, 0.1) is 0 Å². The van der Waals surface area contributed by atoms with Crippen molar-refractivity contribution in [3.8, 4) is 0 Å². The summed E-state index contributed by atoms with van der Waals surface area (Å²) in [6.45, 7) is 3.63. The Morgan fingerprint density at radius 2 is 2.06 bits per heavy atom. The summed E-state index contributed by atoms with van der Waals surface area (Å²) < 4.78 is 5.32. The zero-order valence-electron chi connectivity index (χ0n) is 9.47. The van der Waals surface area contributed by atoms with Gasteiger partial charge >= 0.3 is 0 Å². The normalized spacial score (nSPS) is 21.8. The van der Waals surface area contributed by atoms with E-state index in [-0.39, 0.29) is 6.04 Å². The number of nitrogens with one attached hydrogen (secondary N) is 1. The molecule has 1 aliphatic heterocycles. The van der Waals surface area contributed by atoms with E-state index in [0.717, 1.165) is 25.2 Å². The molecule has 1 aromatic carbocycles. The van der Waals surface area contributed by atoms with Crippen LogP contribution in [0.4, 0.5) is 0 Å². The third-order valence-electron chi connectivity index (χ3n) is 2.95. The summed E-state index contributed by atoms with van der Waals surface area (Å²) in [6, 6.07) is 4.19. The molecule has 2 nitrogen and oxygen atoms in total. The highest BCUT2D eigenvalue weighted by Gasteiger charge is 2.20. The second kappa shape index (κ2) is 5.77. The first-order chi connectivity index (χ1) is 8.09. The molecule has 1 aliphatic rings. The van der Waals surface area contributed by atoms with Crippen LogP contribution in [-0.4, -0.2) is 19.3 Å². The highest BCUT2D eigenvalue weighted by Crippen LogP contribution is 2.35. The van der Waals surface area contributed by atoms with Gasteiger partial charge in [-0.3, -0.25) is 0 Å². The van der Waals surface area contributed by atoms with E-state index in [0.29, 0.717) is 21.1 Å². The van der Waals surface area contributed by atoms with Gasteiger partial charge < -0.3 is 10.1 Å². The van der Waals surface area contributed by atoms with E-state index < -0.39 is 0 Å². The molecule has 2 rings (SSSR count). The van der Waals surface area contributed by atoms with Crippen molar-refractivity contribution >= 4 is 34.8 Å². The fourth-order valence-electron chi connectivity index (χ4n) is 1.98. The van der Waals surface area contributed by atoms with Crippen LogP contribution in [0.1, 0.15) is 24.9 Å². The van der Waals surface area contributed by atoms with Gasteiger partial charge in [-0.2, -0.15) is 0 Å². The molecule has 0 saturated carbocycles. The molecule has 0 aromatic heterocycles. The maximum absolute atomic E-state index is 6.19. The Kier molecular flexibility index (Phi) is 4.56. The first-order valence-corrected chi connectivity index (χ1v) is 6.70. The smallest absolute Gasteiger partial charge is 0.0781 e. The molecule has 5 heteroatoms. The van der Waals surface area contributed by atoms with E-state index in [1.54, 1.807) is 6.07 Å². The highest BCUT2D eigenvalue weighted by atomic mass is 35.5. The molecule has 2 unspecified atom stereocenters. The van der Waals surface area contributed by atoms with Crippen LogP contribution in [0.25, 0.3) is 0 Å². The molecule has 2 atom stereocenters. The van der Waals surface area contributed by atoms with Gasteiger partial charge in [0.2, 0.25) is 0 Å². The lowest BCUT2D eigenvalue weighted by Crippen LogP contribution is -2.31. The van der Waals surface area contributed by atoms with E-state index in [4.69, 9.17) is 39.5 Å². The van der Waals surface area contributed by atoms with Crippen molar-refractivity contribution in [3.05, 3.63) is 32.8 Å². The van der Waals surface area contributed by atoms with E-state index in [1.807, 2.05) is 6.07 Å². The molecule has 0 spiro atoms. The standard InChI is InChI=1S/C12H14Cl3NO/c1-7(16-8-4-5-17-6-8)9-2-3-10(13)12(15)11(9)14/h2-3,7-8,16H,4-6H2,1H3. The van der Waals surface area contributed by atoms with Gasteiger partial charge in [0.05, 0.1) is 21.7 Å². The predicted molar refractivity (Wildman–Crippen MR) is 72.2 cm³/mol. The van der Waals surface area contributed by atoms with Crippen LogP contribution in [0.2, 0.25) is 15.1 Å². The summed E-state index contributed by atoms with van der Waals surface area (Å²) in [7, 11) is 0. The lowest BCUT2D eigenvalue weighted by molar-refractivity contribution is 0.188. The first kappa shape index (κ1) is 13.4. The number of benzene rings is 1. The first-order valence-electron chi connectivity index (χ1n) is 5.56. The van der Waals surface area contributed by atoms with Crippen molar-refractivity contribution < 1.29 is 4.74 Å². The highest BCUT2D eigenvalue weighted by molar-refractivity contribution is 6.48. The molecule has 1 N–H and O–H groups in total. The van der Waals surface area contributed by atoms with Crippen molar-refractivity contribution in [2.75, 3.05) is 13.2 Å². The molecule has 0 bridgehead atoms. The van der Waals surface area contributed by atoms with Crippen LogP contribution in [0.15, 0.2) is 12.1 Å². The summed E-state index contributed by atoms with van der Waals surface area (Å²) in [6.07, 6.45) is 1.03. The maximum Gasteiger partial charge on any atom is 0.0781 e. The molecule has 0 aliphatic carbocycles. The Morgan fingerprint density at radius 1 is 1.29 bits per heavy atom. The van der Waals surface area contributed by atoms with Crippen LogP contribution in [0.5, 0.6) is 0 Å². The maximum atomic E-state index is 6.19. The minimum atomic E-state index is 0.129. The van der Waals surface area contributed by atoms with Gasteiger partial charge in [0.15, 0.2) is 0 Å². The van der Waals surface area contributed by atoms with Crippen LogP contribution >= 0.6 is 34.8 Å². The molecule has 94 valence electrons. The Balaban J connectivity index is 2.13. The van der Waals surface area contributed by atoms with Gasteiger partial charge in [-0.05, 0) is 25.0 Å². The molecule has 1 aromatic rings. The number of rotatable bonds is 3. The van der Waals surface area contributed by atoms with Crippen LogP contribution in [-0.2, 0) is 4.74 Å². The predicted octanol–water partition coefficient (Wildman–Crippen LogP) is 4.09. The number of hydrogen-bond donors (Lipinski definition) is 1. The lowest BCUT2D eigenvalue weighted by Gasteiger charge is -2.20. The Morgan fingerprint density at radius 3 is 2.71 bits per heavy atom. The third kappa shape index (κ3) is 3.07. The van der Waals surface area contributed by atoms with E-state index in [2.05, 4.69) is 12.2 Å². The Labute approximate surface area is 116 Å². The average molecular weight is 295 g/mol. The van der Waals surface area contributed by atoms with Gasteiger partial charge in [-0.1, -0.05) is 40.9 Å². The van der Waals surface area contributed by atoms with E-state index in [9.17, 15) is 0 Å². The minimum absolute atomic E-state index is 0.129. The van der Waals surface area contributed by atoms with Crippen LogP contribution in [0.3, 0.4) is 0 Å². The largest absolute Gasteiger partial charge is 0.380 e. The summed E-state index contributed by atoms with van der Waals surface area (Å²) in [5.74, 6) is 0. The average Bonchev–Trinajstić information content (AvgIpc) is 2.78. The fraction of sp³-hybridized carbons (Fsp3) is 0.500. The van der Waals surface area contributed by atoms with Crippen molar-refractivity contribution in [3.63, 3.8) is 0 Å². The molecule has 1 fully saturated rings. The number of hydrogen-bond acceptors (Lipinski definition) is 2. The summed E-state index contributed by atoms with van der Waals surface area (Å²) in [5, 5.41) is 4.90. The zero-order chi connectivity index (χ0) is 12.4. The molecule has 0 amide bonds. The van der Waals surface area contributed by atoms with Gasteiger partial charge in [0.1, 0.15) is 0 Å². The van der Waals surface area contributed by atoms with Crippen LogP contribution < -0.4 is 5.32 Å². The summed E-state index contributed by atoms with van der Waals surface area (Å²) in [4.78, 5) is 0. The van der Waals surface area contributed by atoms with E-state index >= 15 is 0 Å². The molecule has 0 radical (unpaired) electrons. The zero-order valence-corrected chi connectivity index (χ0v) is 11.7. The van der Waals surface area contributed by atoms with Gasteiger partial charge in [0.25, 0.3) is 0 Å². The van der Waals surface area contributed by atoms with Crippen molar-refractivity contribution in [2.24, 2.45) is 0 Å². The third-order valence-corrected chi connectivity index (χ3v) is 4.26. The second-order valence-electron chi connectivity index (χ2n) is 4.21. The van der Waals surface area contributed by atoms with Crippen molar-refractivity contribution in [2.45, 2.75) is 25.4 Å². The quantitative estimate of drug-likeness (QED) is 0.848. The number of ether oxygens (including phenoxy) is 1. The fourth-order valence-corrected chi connectivity index (χ4v) is 2.69. The summed E-state index contributed by atoms with van der Waals surface area (Å²) in [5.41, 5.74) is 0.966. The summed E-state index contributed by atoms with van der Waals surface area (Å²) >= 11 is 18.1. The van der Waals surface area contributed by atoms with E-state index in [1.165, 1.54) is 0 Å². The minimum Gasteiger partial charge on any atom is -0.380 e. The molecule has 1 heterocycles. The molecule has 1 saturated heterocycles. The monoisotopic (exact) mass is 293 g/mol. The molecular weight excluding hydrogens is 280 g/mol. The second-order valence-corrected chi connectivity index (χ2v) is 5.38. The Bertz CT molecular complexity index is 405.